The number of aliphatic hydroxyl groups excluding tert-OH is 1. The fourth-order valence-corrected chi connectivity index (χ4v) is 2.51. The number of carbonyl (C=O) groups is 1. The minimum atomic E-state index is -0.392. The van der Waals surface area contributed by atoms with E-state index in [0.717, 1.165) is 23.1 Å². The van der Waals surface area contributed by atoms with E-state index in [2.05, 4.69) is 15.7 Å². The van der Waals surface area contributed by atoms with Crippen molar-refractivity contribution in [1.29, 1.82) is 0 Å². The van der Waals surface area contributed by atoms with Gasteiger partial charge in [-0.15, -0.1) is 0 Å². The molecule has 3 N–H and O–H groups in total. The maximum absolute atomic E-state index is 12.1. The standard InChI is InChI=1S/C18H26N4O2/c1-4-18(2,8-9-23)21-17(24)19-11-14-6-5-7-15(10-14)16-12-20-22(3)13-16/h5-7,10,12-13,23H,4,8-9,11H2,1-3H3,(H2,19,21,24). The van der Waals surface area contributed by atoms with Crippen LogP contribution in [0.1, 0.15) is 32.3 Å². The molecule has 0 bridgehead atoms. The van der Waals surface area contributed by atoms with Crippen LogP contribution in [-0.2, 0) is 13.6 Å². The van der Waals surface area contributed by atoms with Crippen LogP contribution in [0.3, 0.4) is 0 Å². The predicted octanol–water partition coefficient (Wildman–Crippen LogP) is 2.44. The van der Waals surface area contributed by atoms with Crippen LogP contribution in [-0.4, -0.2) is 33.1 Å². The Morgan fingerprint density at radius 3 is 2.79 bits per heavy atom. The molecule has 0 aliphatic heterocycles. The van der Waals surface area contributed by atoms with Crippen molar-refractivity contribution in [1.82, 2.24) is 20.4 Å². The van der Waals surface area contributed by atoms with E-state index < -0.39 is 5.54 Å². The van der Waals surface area contributed by atoms with Gasteiger partial charge in [-0.2, -0.15) is 5.10 Å². The van der Waals surface area contributed by atoms with Gasteiger partial charge < -0.3 is 15.7 Å². The second kappa shape index (κ2) is 7.97. The Balaban J connectivity index is 1.96. The number of urea groups is 1. The Morgan fingerprint density at radius 1 is 1.38 bits per heavy atom. The van der Waals surface area contributed by atoms with Crippen molar-refractivity contribution in [2.75, 3.05) is 6.61 Å². The molecular weight excluding hydrogens is 304 g/mol. The fraction of sp³-hybridized carbons (Fsp3) is 0.444. The van der Waals surface area contributed by atoms with E-state index in [9.17, 15) is 4.79 Å². The number of aryl methyl sites for hydroxylation is 1. The molecule has 24 heavy (non-hydrogen) atoms. The maximum atomic E-state index is 12.1. The van der Waals surface area contributed by atoms with Gasteiger partial charge in [0.1, 0.15) is 0 Å². The van der Waals surface area contributed by atoms with Crippen LogP contribution < -0.4 is 10.6 Å². The van der Waals surface area contributed by atoms with Crippen molar-refractivity contribution >= 4 is 6.03 Å². The van der Waals surface area contributed by atoms with E-state index in [1.807, 2.05) is 57.6 Å². The molecule has 2 amide bonds. The van der Waals surface area contributed by atoms with Gasteiger partial charge >= 0.3 is 6.03 Å². The summed E-state index contributed by atoms with van der Waals surface area (Å²) in [6, 6.07) is 7.80. The van der Waals surface area contributed by atoms with Crippen molar-refractivity contribution in [3.63, 3.8) is 0 Å². The molecule has 0 saturated carbocycles. The highest BCUT2D eigenvalue weighted by molar-refractivity contribution is 5.74. The second-order valence-corrected chi connectivity index (χ2v) is 6.30. The third-order valence-electron chi connectivity index (χ3n) is 4.28. The monoisotopic (exact) mass is 330 g/mol. The summed E-state index contributed by atoms with van der Waals surface area (Å²) in [6.45, 7) is 4.43. The van der Waals surface area contributed by atoms with Gasteiger partial charge in [-0.3, -0.25) is 4.68 Å². The van der Waals surface area contributed by atoms with E-state index >= 15 is 0 Å². The summed E-state index contributed by atoms with van der Waals surface area (Å²) in [4.78, 5) is 12.1. The Kier molecular flexibility index (Phi) is 5.98. The lowest BCUT2D eigenvalue weighted by atomic mass is 9.95. The van der Waals surface area contributed by atoms with Crippen molar-refractivity contribution in [3.05, 3.63) is 42.2 Å². The second-order valence-electron chi connectivity index (χ2n) is 6.30. The molecule has 0 saturated heterocycles. The first kappa shape index (κ1) is 18.0. The summed E-state index contributed by atoms with van der Waals surface area (Å²) in [5.41, 5.74) is 2.75. The molecule has 0 radical (unpaired) electrons. The molecule has 2 rings (SSSR count). The molecule has 2 aromatic rings. The molecule has 130 valence electrons. The third-order valence-corrected chi connectivity index (χ3v) is 4.28. The minimum Gasteiger partial charge on any atom is -0.396 e. The van der Waals surface area contributed by atoms with Crippen LogP contribution in [0.4, 0.5) is 4.79 Å². The number of carbonyl (C=O) groups excluding carboxylic acids is 1. The predicted molar refractivity (Wildman–Crippen MR) is 94.4 cm³/mol. The quantitative estimate of drug-likeness (QED) is 0.729. The van der Waals surface area contributed by atoms with Crippen LogP contribution in [0.25, 0.3) is 11.1 Å². The first-order valence-electron chi connectivity index (χ1n) is 8.20. The lowest BCUT2D eigenvalue weighted by Gasteiger charge is -2.29. The topological polar surface area (TPSA) is 79.2 Å². The zero-order valence-corrected chi connectivity index (χ0v) is 14.5. The first-order chi connectivity index (χ1) is 11.5. The molecule has 1 unspecified atom stereocenters. The van der Waals surface area contributed by atoms with Crippen LogP contribution in [0.5, 0.6) is 0 Å². The molecule has 1 aromatic heterocycles. The summed E-state index contributed by atoms with van der Waals surface area (Å²) < 4.78 is 1.76. The zero-order valence-electron chi connectivity index (χ0n) is 14.5. The van der Waals surface area contributed by atoms with Gasteiger partial charge in [-0.25, -0.2) is 4.79 Å². The zero-order chi connectivity index (χ0) is 17.6. The van der Waals surface area contributed by atoms with Crippen molar-refractivity contribution < 1.29 is 9.90 Å². The first-order valence-corrected chi connectivity index (χ1v) is 8.20. The van der Waals surface area contributed by atoms with Gasteiger partial charge in [-0.05, 0) is 37.0 Å². The summed E-state index contributed by atoms with van der Waals surface area (Å²) in [7, 11) is 1.89. The van der Waals surface area contributed by atoms with Gasteiger partial charge in [0, 0.05) is 37.5 Å². The van der Waals surface area contributed by atoms with Crippen LogP contribution in [0.15, 0.2) is 36.7 Å². The minimum absolute atomic E-state index is 0.0533. The highest BCUT2D eigenvalue weighted by Crippen LogP contribution is 2.19. The van der Waals surface area contributed by atoms with Crippen molar-refractivity contribution in [2.24, 2.45) is 7.05 Å². The van der Waals surface area contributed by atoms with Crippen LogP contribution in [0, 0.1) is 0 Å². The number of hydrogen-bond donors (Lipinski definition) is 3. The number of amides is 2. The van der Waals surface area contributed by atoms with E-state index in [4.69, 9.17) is 5.11 Å². The lowest BCUT2D eigenvalue weighted by Crippen LogP contribution is -2.50. The normalized spacial score (nSPS) is 13.3. The summed E-state index contributed by atoms with van der Waals surface area (Å²) in [6.07, 6.45) is 5.08. The fourth-order valence-electron chi connectivity index (χ4n) is 2.51. The maximum Gasteiger partial charge on any atom is 0.315 e. The smallest absolute Gasteiger partial charge is 0.315 e. The molecule has 0 fully saturated rings. The number of hydrogen-bond acceptors (Lipinski definition) is 3. The largest absolute Gasteiger partial charge is 0.396 e. The SMILES string of the molecule is CCC(C)(CCO)NC(=O)NCc1cccc(-c2cnn(C)c2)c1. The van der Waals surface area contributed by atoms with Crippen LogP contribution >= 0.6 is 0 Å². The average molecular weight is 330 g/mol. The number of nitrogens with zero attached hydrogens (tertiary/aromatic N) is 2. The average Bonchev–Trinajstić information content (AvgIpc) is 3.00. The number of nitrogens with one attached hydrogen (secondary N) is 2. The molecule has 1 atom stereocenters. The summed E-state index contributed by atoms with van der Waals surface area (Å²) >= 11 is 0. The van der Waals surface area contributed by atoms with Gasteiger partial charge in [0.25, 0.3) is 0 Å². The molecule has 1 heterocycles. The third kappa shape index (κ3) is 4.83. The Bertz CT molecular complexity index is 683. The Morgan fingerprint density at radius 2 is 2.17 bits per heavy atom. The lowest BCUT2D eigenvalue weighted by molar-refractivity contribution is 0.200. The Labute approximate surface area is 142 Å². The number of rotatable bonds is 7. The summed E-state index contributed by atoms with van der Waals surface area (Å²) in [5, 5.41) is 19.1. The molecule has 6 heteroatoms. The number of benzene rings is 1. The van der Waals surface area contributed by atoms with E-state index in [-0.39, 0.29) is 12.6 Å². The van der Waals surface area contributed by atoms with Gasteiger partial charge in [0.15, 0.2) is 0 Å². The van der Waals surface area contributed by atoms with E-state index in [1.54, 1.807) is 4.68 Å². The molecule has 0 aliphatic rings. The summed E-state index contributed by atoms with van der Waals surface area (Å²) in [5.74, 6) is 0. The molecule has 0 spiro atoms. The molecule has 1 aromatic carbocycles. The van der Waals surface area contributed by atoms with E-state index in [0.29, 0.717) is 13.0 Å². The number of aliphatic hydroxyl groups is 1. The number of aromatic nitrogens is 2. The molecular formula is C18H26N4O2. The van der Waals surface area contributed by atoms with Gasteiger partial charge in [0.05, 0.1) is 6.20 Å². The van der Waals surface area contributed by atoms with E-state index in [1.165, 1.54) is 0 Å². The van der Waals surface area contributed by atoms with Crippen LogP contribution in [0.2, 0.25) is 0 Å². The Hall–Kier alpha value is -2.34. The molecule has 0 aliphatic carbocycles. The van der Waals surface area contributed by atoms with Gasteiger partial charge in [-0.1, -0.05) is 25.1 Å². The van der Waals surface area contributed by atoms with Crippen molar-refractivity contribution in [3.8, 4) is 11.1 Å². The molecule has 6 nitrogen and oxygen atoms in total. The van der Waals surface area contributed by atoms with Gasteiger partial charge in [0.2, 0.25) is 0 Å². The highest BCUT2D eigenvalue weighted by Gasteiger charge is 2.23. The highest BCUT2D eigenvalue weighted by atomic mass is 16.3. The van der Waals surface area contributed by atoms with Crippen molar-refractivity contribution in [2.45, 2.75) is 38.8 Å².